The van der Waals surface area contributed by atoms with E-state index in [0.717, 1.165) is 43.5 Å². The maximum absolute atomic E-state index is 12.9. The number of carbonyl (C=O) groups excluding carboxylic acids is 3. The van der Waals surface area contributed by atoms with Crippen molar-refractivity contribution >= 4 is 28.5 Å². The lowest BCUT2D eigenvalue weighted by molar-refractivity contribution is -1.01. The predicted molar refractivity (Wildman–Crippen MR) is 99.6 cm³/mol. The Balaban J connectivity index is 1.44. The molecule has 3 amide bonds. The SMILES string of the molecule is NC(=O)C[NH+]1CC[NH+](CCN2C(=O)c3cccc4cccc(c34)C2=O)CC1. The van der Waals surface area contributed by atoms with Crippen LogP contribution in [0.2, 0.25) is 0 Å². The van der Waals surface area contributed by atoms with Gasteiger partial charge in [-0.25, -0.2) is 0 Å². The lowest BCUT2D eigenvalue weighted by atomic mass is 9.94. The Morgan fingerprint density at radius 1 is 0.926 bits per heavy atom. The molecule has 7 heteroatoms. The highest BCUT2D eigenvalue weighted by molar-refractivity contribution is 6.25. The van der Waals surface area contributed by atoms with Gasteiger partial charge in [-0.05, 0) is 17.5 Å². The van der Waals surface area contributed by atoms with Crippen LogP contribution in [0, 0.1) is 0 Å². The van der Waals surface area contributed by atoms with Gasteiger partial charge in [0.25, 0.3) is 17.7 Å². The Bertz CT molecular complexity index is 868. The molecule has 0 aliphatic carbocycles. The molecule has 0 unspecified atom stereocenters. The summed E-state index contributed by atoms with van der Waals surface area (Å²) in [7, 11) is 0. The normalized spacial score (nSPS) is 22.3. The van der Waals surface area contributed by atoms with Gasteiger partial charge in [0.15, 0.2) is 6.54 Å². The number of carbonyl (C=O) groups is 3. The molecule has 140 valence electrons. The number of hydrogen-bond acceptors (Lipinski definition) is 3. The lowest BCUT2D eigenvalue weighted by Crippen LogP contribution is -3.28. The van der Waals surface area contributed by atoms with Crippen LogP contribution >= 0.6 is 0 Å². The summed E-state index contributed by atoms with van der Waals surface area (Å²) >= 11 is 0. The van der Waals surface area contributed by atoms with Crippen LogP contribution in [0.5, 0.6) is 0 Å². The summed E-state index contributed by atoms with van der Waals surface area (Å²) in [6.07, 6.45) is 0. The van der Waals surface area contributed by atoms with Crippen molar-refractivity contribution in [2.45, 2.75) is 0 Å². The average Bonchev–Trinajstić information content (AvgIpc) is 2.66. The molecule has 1 fully saturated rings. The molecule has 0 bridgehead atoms. The summed E-state index contributed by atoms with van der Waals surface area (Å²) in [6.45, 7) is 5.07. The van der Waals surface area contributed by atoms with Crippen LogP contribution in [0.3, 0.4) is 0 Å². The summed E-state index contributed by atoms with van der Waals surface area (Å²) < 4.78 is 0. The molecule has 0 radical (unpaired) electrons. The van der Waals surface area contributed by atoms with Crippen molar-refractivity contribution in [3.63, 3.8) is 0 Å². The Morgan fingerprint density at radius 2 is 1.48 bits per heavy atom. The van der Waals surface area contributed by atoms with Gasteiger partial charge in [-0.1, -0.05) is 24.3 Å². The van der Waals surface area contributed by atoms with Gasteiger partial charge in [0.05, 0.1) is 13.1 Å². The van der Waals surface area contributed by atoms with Gasteiger partial charge >= 0.3 is 0 Å². The first-order valence-electron chi connectivity index (χ1n) is 9.38. The van der Waals surface area contributed by atoms with Crippen LogP contribution in [0.1, 0.15) is 20.7 Å². The number of amides is 3. The molecule has 7 nitrogen and oxygen atoms in total. The maximum Gasteiger partial charge on any atom is 0.272 e. The molecule has 0 aromatic heterocycles. The van der Waals surface area contributed by atoms with E-state index < -0.39 is 0 Å². The third kappa shape index (κ3) is 3.31. The average molecular weight is 368 g/mol. The fraction of sp³-hybridized carbons (Fsp3) is 0.350. The maximum atomic E-state index is 12.9. The van der Waals surface area contributed by atoms with E-state index in [4.69, 9.17) is 5.73 Å². The lowest BCUT2D eigenvalue weighted by Gasteiger charge is -2.31. The van der Waals surface area contributed by atoms with Crippen molar-refractivity contribution in [3.05, 3.63) is 47.5 Å². The molecule has 2 aliphatic heterocycles. The number of piperazine rings is 1. The van der Waals surface area contributed by atoms with Crippen LogP contribution < -0.4 is 15.5 Å². The van der Waals surface area contributed by atoms with E-state index >= 15 is 0 Å². The fourth-order valence-electron chi connectivity index (χ4n) is 4.18. The number of hydrogen-bond donors (Lipinski definition) is 3. The van der Waals surface area contributed by atoms with Crippen LogP contribution in [-0.2, 0) is 4.79 Å². The molecule has 2 aliphatic rings. The Kier molecular flexibility index (Phi) is 4.63. The minimum atomic E-state index is -0.272. The van der Waals surface area contributed by atoms with E-state index in [1.54, 1.807) is 12.1 Å². The summed E-state index contributed by atoms with van der Waals surface area (Å²) in [6, 6.07) is 11.2. The molecular formula is C20H24N4O3+2. The molecule has 4 N–H and O–H groups in total. The highest BCUT2D eigenvalue weighted by atomic mass is 16.2. The van der Waals surface area contributed by atoms with Crippen molar-refractivity contribution < 1.29 is 24.2 Å². The molecule has 27 heavy (non-hydrogen) atoms. The number of imide groups is 1. The second-order valence-corrected chi connectivity index (χ2v) is 7.36. The largest absolute Gasteiger partial charge is 0.365 e. The molecule has 0 spiro atoms. The molecule has 4 rings (SSSR count). The molecule has 2 aromatic rings. The Hall–Kier alpha value is -2.77. The summed E-state index contributed by atoms with van der Waals surface area (Å²) in [5, 5.41) is 1.69. The van der Waals surface area contributed by atoms with Gasteiger partial charge in [-0.2, -0.15) is 0 Å². The smallest absolute Gasteiger partial charge is 0.272 e. The van der Waals surface area contributed by atoms with E-state index in [0.29, 0.717) is 24.2 Å². The quantitative estimate of drug-likeness (QED) is 0.519. The zero-order chi connectivity index (χ0) is 19.0. The molecule has 2 heterocycles. The van der Waals surface area contributed by atoms with E-state index in [2.05, 4.69) is 0 Å². The van der Waals surface area contributed by atoms with Crippen LogP contribution in [-0.4, -0.2) is 68.4 Å². The Morgan fingerprint density at radius 3 is 2.04 bits per heavy atom. The van der Waals surface area contributed by atoms with Gasteiger partial charge in [0.1, 0.15) is 26.2 Å². The van der Waals surface area contributed by atoms with Crippen molar-refractivity contribution in [1.82, 2.24) is 4.90 Å². The second kappa shape index (κ2) is 7.09. The summed E-state index contributed by atoms with van der Waals surface area (Å²) in [5.74, 6) is -0.686. The fourth-order valence-corrected chi connectivity index (χ4v) is 4.18. The number of rotatable bonds is 5. The Labute approximate surface area is 157 Å². The molecule has 1 saturated heterocycles. The van der Waals surface area contributed by atoms with Crippen LogP contribution in [0.25, 0.3) is 10.8 Å². The van der Waals surface area contributed by atoms with Crippen LogP contribution in [0.4, 0.5) is 0 Å². The van der Waals surface area contributed by atoms with Gasteiger partial charge in [0, 0.05) is 16.5 Å². The second-order valence-electron chi connectivity index (χ2n) is 7.36. The highest BCUT2D eigenvalue weighted by Gasteiger charge is 2.33. The first kappa shape index (κ1) is 17.6. The highest BCUT2D eigenvalue weighted by Crippen LogP contribution is 2.29. The third-order valence-electron chi connectivity index (χ3n) is 5.63. The molecule has 0 atom stereocenters. The third-order valence-corrected chi connectivity index (χ3v) is 5.63. The summed E-state index contributed by atoms with van der Waals surface area (Å²) in [4.78, 5) is 40.8. The minimum absolute atomic E-state index is 0.207. The van der Waals surface area contributed by atoms with E-state index in [9.17, 15) is 14.4 Å². The minimum Gasteiger partial charge on any atom is -0.365 e. The number of primary amides is 1. The van der Waals surface area contributed by atoms with Gasteiger partial charge in [-0.3, -0.25) is 19.3 Å². The van der Waals surface area contributed by atoms with Gasteiger partial charge in [0.2, 0.25) is 0 Å². The van der Waals surface area contributed by atoms with Crippen molar-refractivity contribution in [2.75, 3.05) is 45.8 Å². The molecular weight excluding hydrogens is 344 g/mol. The zero-order valence-electron chi connectivity index (χ0n) is 15.2. The van der Waals surface area contributed by atoms with Crippen molar-refractivity contribution in [3.8, 4) is 0 Å². The van der Waals surface area contributed by atoms with Gasteiger partial charge in [-0.15, -0.1) is 0 Å². The van der Waals surface area contributed by atoms with Gasteiger partial charge < -0.3 is 15.5 Å². The topological polar surface area (TPSA) is 89.3 Å². The number of nitrogens with one attached hydrogen (secondary N) is 2. The van der Waals surface area contributed by atoms with Crippen LogP contribution in [0.15, 0.2) is 36.4 Å². The number of quaternary nitrogens is 2. The van der Waals surface area contributed by atoms with E-state index in [1.807, 2.05) is 24.3 Å². The number of nitrogens with two attached hydrogens (primary N) is 1. The zero-order valence-corrected chi connectivity index (χ0v) is 15.2. The van der Waals surface area contributed by atoms with E-state index in [1.165, 1.54) is 14.7 Å². The number of benzene rings is 2. The predicted octanol–water partition coefficient (Wildman–Crippen LogP) is -2.30. The first-order valence-corrected chi connectivity index (χ1v) is 9.38. The molecule has 2 aromatic carbocycles. The first-order chi connectivity index (χ1) is 13.0. The standard InChI is InChI=1S/C20H22N4O3/c21-17(25)13-23-9-7-22(8-10-23)11-12-24-19(26)15-5-1-3-14-4-2-6-16(18(14)15)20(24)27/h1-6H,7-13H2,(H2,21,25)/p+2. The summed E-state index contributed by atoms with van der Waals surface area (Å²) in [5.41, 5.74) is 6.48. The van der Waals surface area contributed by atoms with Crippen molar-refractivity contribution in [2.24, 2.45) is 5.73 Å². The number of nitrogens with zero attached hydrogens (tertiary/aromatic N) is 1. The van der Waals surface area contributed by atoms with Crippen molar-refractivity contribution in [1.29, 1.82) is 0 Å². The monoisotopic (exact) mass is 368 g/mol. The van der Waals surface area contributed by atoms with E-state index in [-0.39, 0.29) is 17.7 Å². The molecule has 0 saturated carbocycles.